The van der Waals surface area contributed by atoms with Crippen LogP contribution in [0.3, 0.4) is 0 Å². The van der Waals surface area contributed by atoms with Crippen molar-refractivity contribution in [3.05, 3.63) is 51.2 Å². The van der Waals surface area contributed by atoms with E-state index in [0.717, 1.165) is 6.42 Å². The van der Waals surface area contributed by atoms with Crippen molar-refractivity contribution in [3.63, 3.8) is 0 Å². The zero-order chi connectivity index (χ0) is 13.1. The Bertz CT molecular complexity index is 570. The van der Waals surface area contributed by atoms with Crippen LogP contribution in [-0.4, -0.2) is 11.6 Å². The maximum atomic E-state index is 13.9. The van der Waals surface area contributed by atoms with Crippen molar-refractivity contribution < 1.29 is 9.13 Å². The molecule has 1 aromatic rings. The molecule has 96 valence electrons. The molecule has 0 bridgehead atoms. The quantitative estimate of drug-likeness (QED) is 0.895. The Morgan fingerprint density at radius 1 is 1.44 bits per heavy atom. The number of nitrogens with one attached hydrogen (secondary N) is 1. The molecule has 1 aromatic heterocycles. The summed E-state index contributed by atoms with van der Waals surface area (Å²) in [4.78, 5) is 14.9. The second-order valence-electron chi connectivity index (χ2n) is 4.33. The number of fused-ring (bicyclic) bond motifs is 1. The van der Waals surface area contributed by atoms with Gasteiger partial charge in [0.15, 0.2) is 5.43 Å². The van der Waals surface area contributed by atoms with Gasteiger partial charge in [-0.05, 0) is 25.5 Å². The van der Waals surface area contributed by atoms with Crippen molar-refractivity contribution in [2.24, 2.45) is 0 Å². The van der Waals surface area contributed by atoms with Crippen molar-refractivity contribution in [2.45, 2.75) is 26.7 Å². The van der Waals surface area contributed by atoms with Crippen molar-refractivity contribution in [2.75, 3.05) is 6.61 Å². The zero-order valence-electron chi connectivity index (χ0n) is 10.5. The molecule has 0 amide bonds. The molecule has 0 fully saturated rings. The summed E-state index contributed by atoms with van der Waals surface area (Å²) in [6.45, 7) is 4.26. The summed E-state index contributed by atoms with van der Waals surface area (Å²) in [7, 11) is 0. The first-order valence-corrected chi connectivity index (χ1v) is 6.04. The van der Waals surface area contributed by atoms with E-state index in [1.165, 1.54) is 6.08 Å². The smallest absolute Gasteiger partial charge is 0.194 e. The van der Waals surface area contributed by atoms with Gasteiger partial charge in [-0.1, -0.05) is 6.92 Å². The summed E-state index contributed by atoms with van der Waals surface area (Å²) >= 11 is 0. The van der Waals surface area contributed by atoms with Gasteiger partial charge in [-0.25, -0.2) is 4.39 Å². The molecule has 0 unspecified atom stereocenters. The van der Waals surface area contributed by atoms with Gasteiger partial charge in [0.2, 0.25) is 0 Å². The van der Waals surface area contributed by atoms with Crippen molar-refractivity contribution in [1.82, 2.24) is 4.98 Å². The molecule has 0 aliphatic heterocycles. The summed E-state index contributed by atoms with van der Waals surface area (Å²) in [6.07, 6.45) is 5.80. The predicted molar refractivity (Wildman–Crippen MR) is 68.9 cm³/mol. The largest absolute Gasteiger partial charge is 0.498 e. The average molecular weight is 249 g/mol. The standard InChI is InChI=1S/C14H16FNO2/c1-3-6-18-10-4-5-11(15)13-12(7-10)16-8-9(2)14(13)17/h4-5,8H,3,6-7H2,1-2H3,(H,16,17). The molecule has 0 atom stereocenters. The number of hydrogen-bond acceptors (Lipinski definition) is 2. The lowest BCUT2D eigenvalue weighted by atomic mass is 10.1. The minimum atomic E-state index is -0.509. The van der Waals surface area contributed by atoms with E-state index >= 15 is 0 Å². The summed E-state index contributed by atoms with van der Waals surface area (Å²) in [5, 5.41) is 0. The first-order valence-electron chi connectivity index (χ1n) is 6.04. The topological polar surface area (TPSA) is 42.1 Å². The van der Waals surface area contributed by atoms with Crippen molar-refractivity contribution >= 4 is 5.83 Å². The van der Waals surface area contributed by atoms with Gasteiger partial charge in [0.25, 0.3) is 0 Å². The van der Waals surface area contributed by atoms with Crippen LogP contribution in [0.4, 0.5) is 4.39 Å². The molecule has 1 heterocycles. The third kappa shape index (κ3) is 2.37. The van der Waals surface area contributed by atoms with Gasteiger partial charge in [-0.2, -0.15) is 0 Å². The molecule has 1 aliphatic rings. The Balaban J connectivity index is 2.42. The van der Waals surface area contributed by atoms with Crippen LogP contribution in [0, 0.1) is 6.92 Å². The van der Waals surface area contributed by atoms with Crippen LogP contribution in [0.15, 0.2) is 28.9 Å². The second kappa shape index (κ2) is 5.21. The van der Waals surface area contributed by atoms with E-state index in [9.17, 15) is 9.18 Å². The molecule has 18 heavy (non-hydrogen) atoms. The number of allylic oxidation sites excluding steroid dienone is 3. The molecular formula is C14H16FNO2. The van der Waals surface area contributed by atoms with Crippen LogP contribution in [0.25, 0.3) is 5.83 Å². The van der Waals surface area contributed by atoms with Gasteiger partial charge < -0.3 is 9.72 Å². The van der Waals surface area contributed by atoms with Gasteiger partial charge in [0, 0.05) is 23.9 Å². The first kappa shape index (κ1) is 12.6. The molecule has 0 aromatic carbocycles. The Kier molecular flexibility index (Phi) is 3.65. The Morgan fingerprint density at radius 3 is 2.94 bits per heavy atom. The van der Waals surface area contributed by atoms with Gasteiger partial charge in [-0.3, -0.25) is 4.79 Å². The van der Waals surface area contributed by atoms with E-state index in [4.69, 9.17) is 4.74 Å². The number of H-pyrrole nitrogens is 1. The van der Waals surface area contributed by atoms with E-state index in [1.807, 2.05) is 6.92 Å². The van der Waals surface area contributed by atoms with E-state index < -0.39 is 5.83 Å². The van der Waals surface area contributed by atoms with E-state index in [2.05, 4.69) is 4.98 Å². The van der Waals surface area contributed by atoms with Gasteiger partial charge in [0.1, 0.15) is 11.6 Å². The summed E-state index contributed by atoms with van der Waals surface area (Å²) < 4.78 is 19.4. The molecule has 4 heteroatoms. The fourth-order valence-corrected chi connectivity index (χ4v) is 1.87. The highest BCUT2D eigenvalue weighted by atomic mass is 19.1. The molecule has 0 saturated heterocycles. The van der Waals surface area contributed by atoms with Crippen LogP contribution in [0.1, 0.15) is 30.2 Å². The SMILES string of the molecule is CCCOC1=CC=C(F)c2c([nH]cc(C)c2=O)C1. The predicted octanol–water partition coefficient (Wildman–Crippen LogP) is 2.86. The molecule has 0 radical (unpaired) electrons. The van der Waals surface area contributed by atoms with Crippen LogP contribution in [0.5, 0.6) is 0 Å². The molecule has 3 nitrogen and oxygen atoms in total. The highest BCUT2D eigenvalue weighted by molar-refractivity contribution is 5.64. The third-order valence-electron chi connectivity index (χ3n) is 2.85. The Hall–Kier alpha value is -1.84. The summed E-state index contributed by atoms with van der Waals surface area (Å²) in [5.74, 6) is 0.162. The van der Waals surface area contributed by atoms with Crippen LogP contribution in [-0.2, 0) is 11.2 Å². The lowest BCUT2D eigenvalue weighted by Gasteiger charge is -2.10. The van der Waals surface area contributed by atoms with Gasteiger partial charge >= 0.3 is 0 Å². The fraction of sp³-hybridized carbons (Fsp3) is 0.357. The fourth-order valence-electron chi connectivity index (χ4n) is 1.87. The number of halogens is 1. The van der Waals surface area contributed by atoms with Crippen LogP contribution < -0.4 is 5.43 Å². The van der Waals surface area contributed by atoms with Crippen molar-refractivity contribution in [1.29, 1.82) is 0 Å². The number of rotatable bonds is 3. The maximum Gasteiger partial charge on any atom is 0.194 e. The first-order chi connectivity index (χ1) is 8.63. The number of pyridine rings is 1. The van der Waals surface area contributed by atoms with Gasteiger partial charge in [0.05, 0.1) is 12.2 Å². The van der Waals surface area contributed by atoms with Crippen LogP contribution in [0.2, 0.25) is 0 Å². The third-order valence-corrected chi connectivity index (χ3v) is 2.85. The lowest BCUT2D eigenvalue weighted by molar-refractivity contribution is 0.206. The normalized spacial score (nSPS) is 14.4. The number of hydrogen-bond donors (Lipinski definition) is 1. The van der Waals surface area contributed by atoms with E-state index in [-0.39, 0.29) is 11.0 Å². The van der Waals surface area contributed by atoms with Gasteiger partial charge in [-0.15, -0.1) is 0 Å². The lowest BCUT2D eigenvalue weighted by Crippen LogP contribution is -2.15. The van der Waals surface area contributed by atoms with Crippen molar-refractivity contribution in [3.8, 4) is 0 Å². The molecule has 1 N–H and O–H groups in total. The number of aromatic amines is 1. The number of aryl methyl sites for hydroxylation is 1. The molecule has 0 saturated carbocycles. The summed E-state index contributed by atoms with van der Waals surface area (Å²) in [6, 6.07) is 0. The van der Waals surface area contributed by atoms with E-state index in [1.54, 1.807) is 19.2 Å². The average Bonchev–Trinajstić information content (AvgIpc) is 2.51. The monoisotopic (exact) mass is 249 g/mol. The highest BCUT2D eigenvalue weighted by Crippen LogP contribution is 2.23. The number of ether oxygens (including phenoxy) is 1. The minimum absolute atomic E-state index is 0.126. The highest BCUT2D eigenvalue weighted by Gasteiger charge is 2.18. The molecule has 0 spiro atoms. The Labute approximate surface area is 105 Å². The molecular weight excluding hydrogens is 233 g/mol. The minimum Gasteiger partial charge on any atom is -0.498 e. The second-order valence-corrected chi connectivity index (χ2v) is 4.33. The molecule has 1 aliphatic carbocycles. The van der Waals surface area contributed by atoms with E-state index in [0.29, 0.717) is 30.0 Å². The Morgan fingerprint density at radius 2 is 2.22 bits per heavy atom. The number of aromatic nitrogens is 1. The van der Waals surface area contributed by atoms with Crippen LogP contribution >= 0.6 is 0 Å². The maximum absolute atomic E-state index is 13.9. The molecule has 2 rings (SSSR count). The zero-order valence-corrected chi connectivity index (χ0v) is 10.5. The summed E-state index contributed by atoms with van der Waals surface area (Å²) in [5.41, 5.74) is 0.943.